The van der Waals surface area contributed by atoms with Crippen LogP contribution >= 0.6 is 0 Å². The second kappa shape index (κ2) is 12.7. The van der Waals surface area contributed by atoms with E-state index in [1.54, 1.807) is 0 Å². The van der Waals surface area contributed by atoms with Gasteiger partial charge in [0.25, 0.3) is 0 Å². The number of carbonyl (C=O) groups excluding carboxylic acids is 2. The third-order valence-corrected chi connectivity index (χ3v) is 5.45. The highest BCUT2D eigenvalue weighted by Gasteiger charge is 2.36. The maximum absolute atomic E-state index is 13.7. The Bertz CT molecular complexity index is 765. The summed E-state index contributed by atoms with van der Waals surface area (Å²) in [6, 6.07) is 7.69. The number of carboxylic acid groups (broad SMARTS) is 1. The molecule has 0 fully saturated rings. The number of nitrogens with zero attached hydrogens (tertiary/aromatic N) is 1. The van der Waals surface area contributed by atoms with Crippen LogP contribution in [0, 0.1) is 10.8 Å². The molecule has 7 nitrogen and oxygen atoms in total. The van der Waals surface area contributed by atoms with E-state index in [0.29, 0.717) is 25.9 Å². The zero-order valence-corrected chi connectivity index (χ0v) is 21.3. The number of methoxy groups -OCH3 is 1. The SMILES string of the molecule is COC(=O)C(Cc1ccccc1)N(CCC(C)(C)C)C(=O)C(CC(=O)O)NCCC(C)(C)C. The van der Waals surface area contributed by atoms with Crippen molar-refractivity contribution >= 4 is 17.8 Å². The van der Waals surface area contributed by atoms with Gasteiger partial charge in [-0.15, -0.1) is 0 Å². The first kappa shape index (κ1) is 28.6. The van der Waals surface area contributed by atoms with Crippen molar-refractivity contribution in [2.45, 2.75) is 79.3 Å². The number of nitrogens with one attached hydrogen (secondary N) is 1. The quantitative estimate of drug-likeness (QED) is 0.457. The van der Waals surface area contributed by atoms with Gasteiger partial charge >= 0.3 is 11.9 Å². The number of carbonyl (C=O) groups is 3. The van der Waals surface area contributed by atoms with Gasteiger partial charge in [0.1, 0.15) is 6.04 Å². The predicted molar refractivity (Wildman–Crippen MR) is 130 cm³/mol. The van der Waals surface area contributed by atoms with Crippen LogP contribution in [0.4, 0.5) is 0 Å². The Hall–Kier alpha value is -2.41. The fourth-order valence-corrected chi connectivity index (χ4v) is 3.41. The van der Waals surface area contributed by atoms with Crippen LogP contribution < -0.4 is 5.32 Å². The smallest absolute Gasteiger partial charge is 0.328 e. The summed E-state index contributed by atoms with van der Waals surface area (Å²) in [4.78, 5) is 39.6. The Balaban J connectivity index is 3.26. The molecule has 1 rings (SSSR count). The van der Waals surface area contributed by atoms with Gasteiger partial charge in [-0.3, -0.25) is 9.59 Å². The average molecular weight is 463 g/mol. The van der Waals surface area contributed by atoms with Crippen molar-refractivity contribution in [1.82, 2.24) is 10.2 Å². The number of amides is 1. The van der Waals surface area contributed by atoms with E-state index in [1.807, 2.05) is 30.3 Å². The Morgan fingerprint density at radius 2 is 1.58 bits per heavy atom. The van der Waals surface area contributed by atoms with Crippen molar-refractivity contribution < 1.29 is 24.2 Å². The minimum absolute atomic E-state index is 0.0393. The fraction of sp³-hybridized carbons (Fsp3) is 0.654. The van der Waals surface area contributed by atoms with Crippen molar-refractivity contribution in [2.75, 3.05) is 20.2 Å². The maximum Gasteiger partial charge on any atom is 0.328 e. The van der Waals surface area contributed by atoms with Gasteiger partial charge in [-0.1, -0.05) is 71.9 Å². The Morgan fingerprint density at radius 3 is 2.06 bits per heavy atom. The molecule has 2 unspecified atom stereocenters. The maximum atomic E-state index is 13.7. The second-order valence-electron chi connectivity index (χ2n) is 11.0. The van der Waals surface area contributed by atoms with Crippen LogP contribution in [-0.2, 0) is 25.5 Å². The van der Waals surface area contributed by atoms with Crippen LogP contribution in [0.1, 0.15) is 66.4 Å². The van der Waals surface area contributed by atoms with Gasteiger partial charge in [-0.2, -0.15) is 0 Å². The molecule has 0 aliphatic rings. The van der Waals surface area contributed by atoms with Crippen LogP contribution in [0.5, 0.6) is 0 Å². The van der Waals surface area contributed by atoms with Crippen LogP contribution in [0.25, 0.3) is 0 Å². The molecule has 0 radical (unpaired) electrons. The fourth-order valence-electron chi connectivity index (χ4n) is 3.41. The predicted octanol–water partition coefficient (Wildman–Crippen LogP) is 3.90. The molecule has 0 aliphatic carbocycles. The summed E-state index contributed by atoms with van der Waals surface area (Å²) in [5.74, 6) is -1.96. The lowest BCUT2D eigenvalue weighted by atomic mass is 9.91. The van der Waals surface area contributed by atoms with E-state index >= 15 is 0 Å². The third kappa shape index (κ3) is 11.3. The molecular weight excluding hydrogens is 420 g/mol. The summed E-state index contributed by atoms with van der Waals surface area (Å²) in [7, 11) is 1.31. The molecule has 0 heterocycles. The molecule has 0 aromatic heterocycles. The largest absolute Gasteiger partial charge is 0.481 e. The van der Waals surface area contributed by atoms with Crippen molar-refractivity contribution in [3.8, 4) is 0 Å². The first-order valence-electron chi connectivity index (χ1n) is 11.6. The molecule has 33 heavy (non-hydrogen) atoms. The van der Waals surface area contributed by atoms with Crippen molar-refractivity contribution in [3.05, 3.63) is 35.9 Å². The van der Waals surface area contributed by atoms with Crippen LogP contribution in [0.15, 0.2) is 30.3 Å². The first-order valence-corrected chi connectivity index (χ1v) is 11.6. The Labute approximate surface area is 198 Å². The van der Waals surface area contributed by atoms with E-state index in [9.17, 15) is 19.5 Å². The summed E-state index contributed by atoms with van der Waals surface area (Å²) >= 11 is 0. The number of rotatable bonds is 12. The van der Waals surface area contributed by atoms with Crippen molar-refractivity contribution in [3.63, 3.8) is 0 Å². The lowest BCUT2D eigenvalue weighted by molar-refractivity contribution is -0.154. The van der Waals surface area contributed by atoms with Crippen molar-refractivity contribution in [1.29, 1.82) is 0 Å². The van der Waals surface area contributed by atoms with Crippen LogP contribution in [0.3, 0.4) is 0 Å². The van der Waals surface area contributed by atoms with E-state index in [1.165, 1.54) is 12.0 Å². The van der Waals surface area contributed by atoms with Crippen molar-refractivity contribution in [2.24, 2.45) is 10.8 Å². The minimum atomic E-state index is -1.06. The number of ether oxygens (including phenoxy) is 1. The van der Waals surface area contributed by atoms with Gasteiger partial charge in [-0.25, -0.2) is 4.79 Å². The van der Waals surface area contributed by atoms with Crippen LogP contribution in [0.2, 0.25) is 0 Å². The highest BCUT2D eigenvalue weighted by molar-refractivity contribution is 5.90. The number of hydrogen-bond acceptors (Lipinski definition) is 5. The molecule has 1 aromatic carbocycles. The first-order chi connectivity index (χ1) is 15.2. The summed E-state index contributed by atoms with van der Waals surface area (Å²) in [5.41, 5.74) is 0.864. The molecular formula is C26H42N2O5. The van der Waals surface area contributed by atoms with Gasteiger partial charge in [-0.05, 0) is 35.8 Å². The zero-order valence-electron chi connectivity index (χ0n) is 21.3. The van der Waals surface area contributed by atoms with Gasteiger partial charge in [0.05, 0.1) is 19.6 Å². The van der Waals surface area contributed by atoms with E-state index < -0.39 is 24.0 Å². The molecule has 0 saturated heterocycles. The molecule has 1 amide bonds. The topological polar surface area (TPSA) is 95.9 Å². The molecule has 0 saturated carbocycles. The normalized spacial score (nSPS) is 13.8. The van der Waals surface area contributed by atoms with Gasteiger partial charge in [0.15, 0.2) is 0 Å². The van der Waals surface area contributed by atoms with Gasteiger partial charge < -0.3 is 20.1 Å². The third-order valence-electron chi connectivity index (χ3n) is 5.45. The standard InChI is InChI=1S/C26H42N2O5/c1-25(2,3)13-15-27-20(18-22(29)30)23(31)28(16-14-26(4,5)6)21(24(32)33-7)17-19-11-9-8-10-12-19/h8-12,20-21,27H,13-18H2,1-7H3,(H,29,30). The summed E-state index contributed by atoms with van der Waals surface area (Å²) in [6.45, 7) is 13.3. The molecule has 0 bridgehead atoms. The molecule has 0 spiro atoms. The Morgan fingerprint density at radius 1 is 1.00 bits per heavy atom. The number of carboxylic acids is 1. The number of benzene rings is 1. The zero-order chi connectivity index (χ0) is 25.2. The van der Waals surface area contributed by atoms with E-state index in [0.717, 1.165) is 12.0 Å². The van der Waals surface area contributed by atoms with Gasteiger partial charge in [0.2, 0.25) is 5.91 Å². The number of aliphatic carboxylic acids is 1. The van der Waals surface area contributed by atoms with Gasteiger partial charge in [0, 0.05) is 13.0 Å². The monoisotopic (exact) mass is 462 g/mol. The molecule has 0 aliphatic heterocycles. The molecule has 2 N–H and O–H groups in total. The number of esters is 1. The molecule has 2 atom stereocenters. The van der Waals surface area contributed by atoms with E-state index in [2.05, 4.69) is 46.9 Å². The average Bonchev–Trinajstić information content (AvgIpc) is 2.70. The summed E-state index contributed by atoms with van der Waals surface area (Å²) in [5, 5.41) is 12.6. The highest BCUT2D eigenvalue weighted by atomic mass is 16.5. The summed E-state index contributed by atoms with van der Waals surface area (Å²) in [6.07, 6.45) is 1.38. The highest BCUT2D eigenvalue weighted by Crippen LogP contribution is 2.22. The van der Waals surface area contributed by atoms with E-state index in [-0.39, 0.29) is 23.2 Å². The molecule has 7 heteroatoms. The Kier molecular flexibility index (Phi) is 11.0. The molecule has 1 aromatic rings. The number of hydrogen-bond donors (Lipinski definition) is 2. The van der Waals surface area contributed by atoms with Crippen LogP contribution in [-0.4, -0.2) is 60.1 Å². The lowest BCUT2D eigenvalue weighted by Crippen LogP contribution is -2.55. The molecule has 186 valence electrons. The summed E-state index contributed by atoms with van der Waals surface area (Å²) < 4.78 is 5.06. The van der Waals surface area contributed by atoms with E-state index in [4.69, 9.17) is 4.74 Å². The lowest BCUT2D eigenvalue weighted by Gasteiger charge is -2.35. The minimum Gasteiger partial charge on any atom is -0.481 e. The second-order valence-corrected chi connectivity index (χ2v) is 11.0.